The highest BCUT2D eigenvalue weighted by Crippen LogP contribution is 2.48. The third-order valence-corrected chi connectivity index (χ3v) is 7.48. The summed E-state index contributed by atoms with van der Waals surface area (Å²) in [4.78, 5) is 27.6. The number of amides is 2. The van der Waals surface area contributed by atoms with Gasteiger partial charge in [-0.2, -0.15) is 5.10 Å². The van der Waals surface area contributed by atoms with Crippen molar-refractivity contribution in [2.24, 2.45) is 7.05 Å². The third kappa shape index (κ3) is 5.17. The molecule has 0 spiro atoms. The highest BCUT2D eigenvalue weighted by atomic mass is 32.2. The lowest BCUT2D eigenvalue weighted by atomic mass is 9.99. The molecule has 3 aromatic carbocycles. The number of aromatic nitrogens is 2. The Morgan fingerprint density at radius 2 is 1.74 bits per heavy atom. The number of fused-ring (bicyclic) bond motifs is 1. The summed E-state index contributed by atoms with van der Waals surface area (Å²) < 4.78 is 43.5. The van der Waals surface area contributed by atoms with Crippen molar-refractivity contribution in [1.29, 1.82) is 0 Å². The van der Waals surface area contributed by atoms with Crippen LogP contribution in [0.5, 0.6) is 0 Å². The van der Waals surface area contributed by atoms with Crippen LogP contribution in [0.2, 0.25) is 0 Å². The predicted octanol–water partition coefficient (Wildman–Crippen LogP) is 4.99. The lowest BCUT2D eigenvalue weighted by Crippen LogP contribution is -2.42. The van der Waals surface area contributed by atoms with Crippen LogP contribution in [0.25, 0.3) is 11.3 Å². The molecule has 5 rings (SSSR count). The summed E-state index contributed by atoms with van der Waals surface area (Å²) in [6.45, 7) is -0.132. The molecule has 10 heteroatoms. The van der Waals surface area contributed by atoms with Gasteiger partial charge in [-0.3, -0.25) is 19.2 Å². The zero-order chi connectivity index (χ0) is 26.8. The van der Waals surface area contributed by atoms with Crippen LogP contribution in [0.15, 0.2) is 72.8 Å². The molecule has 2 amide bonds. The molecule has 194 valence electrons. The number of rotatable bonds is 6. The number of hydrogen-bond donors (Lipinski definition) is 1. The van der Waals surface area contributed by atoms with Gasteiger partial charge >= 0.3 is 0 Å². The monoisotopic (exact) mass is 536 g/mol. The van der Waals surface area contributed by atoms with Crippen molar-refractivity contribution in [2.45, 2.75) is 11.8 Å². The van der Waals surface area contributed by atoms with Crippen molar-refractivity contribution in [3.63, 3.8) is 0 Å². The average Bonchev–Trinajstić information content (AvgIpc) is 3.17. The molecule has 2 heterocycles. The second kappa shape index (κ2) is 10.7. The van der Waals surface area contributed by atoms with Crippen LogP contribution < -0.4 is 10.2 Å². The van der Waals surface area contributed by atoms with E-state index in [-0.39, 0.29) is 36.1 Å². The van der Waals surface area contributed by atoms with Gasteiger partial charge in [0.2, 0.25) is 11.8 Å². The number of benzene rings is 3. The number of carbonyl (C=O) groups excluding carboxylic acids is 2. The van der Waals surface area contributed by atoms with Gasteiger partial charge in [-0.15, -0.1) is 11.8 Å². The van der Waals surface area contributed by atoms with Crippen LogP contribution in [0, 0.1) is 17.5 Å². The lowest BCUT2D eigenvalue weighted by molar-refractivity contribution is -0.123. The fourth-order valence-electron chi connectivity index (χ4n) is 4.46. The smallest absolute Gasteiger partial charge is 0.240 e. The van der Waals surface area contributed by atoms with Gasteiger partial charge in [0.15, 0.2) is 0 Å². The molecule has 0 unspecified atom stereocenters. The van der Waals surface area contributed by atoms with E-state index in [1.165, 1.54) is 45.6 Å². The molecule has 1 aliphatic rings. The van der Waals surface area contributed by atoms with Gasteiger partial charge in [-0.05, 0) is 23.8 Å². The summed E-state index contributed by atoms with van der Waals surface area (Å²) in [5.74, 6) is -2.24. The Balaban J connectivity index is 1.54. The van der Waals surface area contributed by atoms with E-state index < -0.39 is 22.8 Å². The number of halogens is 3. The largest absolute Gasteiger partial charge is 0.350 e. The topological polar surface area (TPSA) is 67.2 Å². The maximum atomic E-state index is 15.0. The van der Waals surface area contributed by atoms with Crippen LogP contribution in [-0.4, -0.2) is 33.9 Å². The van der Waals surface area contributed by atoms with Crippen molar-refractivity contribution in [1.82, 2.24) is 15.1 Å². The molecule has 1 aliphatic heterocycles. The van der Waals surface area contributed by atoms with Gasteiger partial charge in [0, 0.05) is 36.3 Å². The quantitative estimate of drug-likeness (QED) is 0.377. The molecule has 4 aromatic rings. The summed E-state index contributed by atoms with van der Waals surface area (Å²) in [5, 5.41) is 6.75. The molecule has 0 saturated carbocycles. The molecule has 0 fully saturated rings. The molecule has 38 heavy (non-hydrogen) atoms. The first-order valence-electron chi connectivity index (χ1n) is 11.8. The SMILES string of the molecule is Cn1nc(-c2ccccc2)c2c1N(CC(=O)NCc1ccc(F)cc1)C(=O)CS[C@@H]2c1ccc(F)cc1F. The van der Waals surface area contributed by atoms with Gasteiger partial charge in [0.1, 0.15) is 29.8 Å². The number of thioether (sulfide) groups is 1. The second-order valence-electron chi connectivity index (χ2n) is 8.82. The van der Waals surface area contributed by atoms with E-state index in [0.717, 1.165) is 11.6 Å². The maximum Gasteiger partial charge on any atom is 0.240 e. The Labute approximate surface area is 221 Å². The first-order chi connectivity index (χ1) is 18.3. The third-order valence-electron chi connectivity index (χ3n) is 6.24. The summed E-state index contributed by atoms with van der Waals surface area (Å²) in [6, 6.07) is 18.4. The molecule has 0 bridgehead atoms. The van der Waals surface area contributed by atoms with Crippen LogP contribution in [0.4, 0.5) is 19.0 Å². The summed E-state index contributed by atoms with van der Waals surface area (Å²) >= 11 is 1.20. The normalized spacial score (nSPS) is 15.2. The van der Waals surface area contributed by atoms with Gasteiger partial charge in [-0.1, -0.05) is 48.5 Å². The number of nitrogens with one attached hydrogen (secondary N) is 1. The molecular weight excluding hydrogens is 513 g/mol. The Hall–Kier alpha value is -4.05. The van der Waals surface area contributed by atoms with Gasteiger partial charge in [0.05, 0.1) is 16.7 Å². The molecule has 0 aliphatic carbocycles. The summed E-state index contributed by atoms with van der Waals surface area (Å²) in [7, 11) is 1.66. The van der Waals surface area contributed by atoms with Gasteiger partial charge in [-0.25, -0.2) is 13.2 Å². The highest BCUT2D eigenvalue weighted by Gasteiger charge is 2.37. The number of aryl methyl sites for hydroxylation is 1. The standard InChI is InChI=1S/C28H23F3N4O2S/c1-34-28-25(26(33-34)18-5-3-2-4-6-18)27(21-12-11-20(30)13-22(21)31)38-16-24(37)35(28)15-23(36)32-14-17-7-9-19(29)10-8-17/h2-13,27H,14-16H2,1H3,(H,32,36)/t27-/m1/s1. The van der Waals surface area contributed by atoms with Crippen molar-refractivity contribution in [2.75, 3.05) is 17.2 Å². The summed E-state index contributed by atoms with van der Waals surface area (Å²) in [6.07, 6.45) is 0. The molecular formula is C28H23F3N4O2S. The Morgan fingerprint density at radius 1 is 1.03 bits per heavy atom. The van der Waals surface area contributed by atoms with Crippen LogP contribution in [0.1, 0.15) is 21.9 Å². The van der Waals surface area contributed by atoms with E-state index in [9.17, 15) is 18.4 Å². The Kier molecular flexibility index (Phi) is 7.24. The molecule has 1 N–H and O–H groups in total. The molecule has 0 saturated heterocycles. The maximum absolute atomic E-state index is 15.0. The number of carbonyl (C=O) groups is 2. The van der Waals surface area contributed by atoms with Crippen molar-refractivity contribution in [3.8, 4) is 11.3 Å². The number of nitrogens with zero attached hydrogens (tertiary/aromatic N) is 3. The fraction of sp³-hybridized carbons (Fsp3) is 0.179. The first kappa shape index (κ1) is 25.6. The Morgan fingerprint density at radius 3 is 2.45 bits per heavy atom. The van der Waals surface area contributed by atoms with E-state index in [0.29, 0.717) is 22.6 Å². The fourth-order valence-corrected chi connectivity index (χ4v) is 5.68. The second-order valence-corrected chi connectivity index (χ2v) is 9.91. The van der Waals surface area contributed by atoms with Crippen LogP contribution in [0.3, 0.4) is 0 Å². The molecule has 6 nitrogen and oxygen atoms in total. The zero-order valence-corrected chi connectivity index (χ0v) is 21.1. The van der Waals surface area contributed by atoms with Crippen molar-refractivity contribution < 1.29 is 22.8 Å². The lowest BCUT2D eigenvalue weighted by Gasteiger charge is -2.22. The van der Waals surface area contributed by atoms with Crippen LogP contribution in [-0.2, 0) is 23.2 Å². The zero-order valence-electron chi connectivity index (χ0n) is 20.3. The van der Waals surface area contributed by atoms with E-state index in [2.05, 4.69) is 10.4 Å². The molecule has 0 radical (unpaired) electrons. The van der Waals surface area contributed by atoms with Crippen molar-refractivity contribution >= 4 is 29.4 Å². The molecule has 1 atom stereocenters. The van der Waals surface area contributed by atoms with Crippen molar-refractivity contribution in [3.05, 3.63) is 107 Å². The highest BCUT2D eigenvalue weighted by molar-refractivity contribution is 8.00. The minimum atomic E-state index is -0.728. The van der Waals surface area contributed by atoms with E-state index in [1.807, 2.05) is 30.3 Å². The minimum Gasteiger partial charge on any atom is -0.350 e. The minimum absolute atomic E-state index is 0.0321. The van der Waals surface area contributed by atoms with Gasteiger partial charge < -0.3 is 5.32 Å². The Bertz CT molecular complexity index is 1490. The van der Waals surface area contributed by atoms with E-state index in [1.54, 1.807) is 19.2 Å². The van der Waals surface area contributed by atoms with E-state index in [4.69, 9.17) is 0 Å². The predicted molar refractivity (Wildman–Crippen MR) is 140 cm³/mol. The van der Waals surface area contributed by atoms with Gasteiger partial charge in [0.25, 0.3) is 0 Å². The van der Waals surface area contributed by atoms with Crippen LogP contribution >= 0.6 is 11.8 Å². The molecule has 1 aromatic heterocycles. The average molecular weight is 537 g/mol. The number of anilines is 1. The first-order valence-corrected chi connectivity index (χ1v) is 12.9. The summed E-state index contributed by atoms with van der Waals surface area (Å²) in [5.41, 5.74) is 2.78. The van der Waals surface area contributed by atoms with E-state index >= 15 is 4.39 Å². The number of hydrogen-bond acceptors (Lipinski definition) is 4.